The van der Waals surface area contributed by atoms with Gasteiger partial charge in [0, 0.05) is 33.1 Å². The summed E-state index contributed by atoms with van der Waals surface area (Å²) >= 11 is 1.78. The third-order valence-corrected chi connectivity index (χ3v) is 15.8. The van der Waals surface area contributed by atoms with Gasteiger partial charge in [0.2, 0.25) is 0 Å². The van der Waals surface area contributed by atoms with Gasteiger partial charge < -0.3 is 13.3 Å². The van der Waals surface area contributed by atoms with E-state index in [1.165, 1.54) is 68.2 Å². The number of fused-ring (bicyclic) bond motifs is 1. The maximum absolute atomic E-state index is 5.47. The molecule has 0 saturated heterocycles. The first kappa shape index (κ1) is 28.8. The lowest BCUT2D eigenvalue weighted by Crippen LogP contribution is -2.42. The largest absolute Gasteiger partial charge is 0.500 e. The van der Waals surface area contributed by atoms with Gasteiger partial charge in [-0.2, -0.15) is 0 Å². The summed E-state index contributed by atoms with van der Waals surface area (Å²) in [5.41, 5.74) is 1.11. The predicted molar refractivity (Wildman–Crippen MR) is 151 cm³/mol. The van der Waals surface area contributed by atoms with E-state index in [-0.39, 0.29) is 0 Å². The van der Waals surface area contributed by atoms with Crippen LogP contribution in [0.3, 0.4) is 0 Å². The predicted octanol–water partition coefficient (Wildman–Crippen LogP) is 9.11. The van der Waals surface area contributed by atoms with Crippen LogP contribution in [0.15, 0.2) is 28.6 Å². The third kappa shape index (κ3) is 11.4. The summed E-state index contributed by atoms with van der Waals surface area (Å²) in [6, 6.07) is 9.28. The highest BCUT2D eigenvalue weighted by Gasteiger charge is 2.36. The van der Waals surface area contributed by atoms with Crippen LogP contribution >= 0.6 is 52.6 Å². The van der Waals surface area contributed by atoms with Crippen molar-refractivity contribution in [2.75, 3.05) is 27.1 Å². The van der Waals surface area contributed by atoms with E-state index in [9.17, 15) is 0 Å². The Morgan fingerprint density at radius 1 is 0.781 bits per heavy atom. The Balaban J connectivity index is 1.32. The highest BCUT2D eigenvalue weighted by molar-refractivity contribution is 9.26. The van der Waals surface area contributed by atoms with Crippen LogP contribution in [-0.4, -0.2) is 40.9 Å². The fraction of sp³-hybridized carbons (Fsp3) is 0.682. The third-order valence-electron chi connectivity index (χ3n) is 5.35. The second kappa shape index (κ2) is 18.0. The van der Waals surface area contributed by atoms with Crippen LogP contribution in [0.5, 0.6) is 0 Å². The number of benzene rings is 1. The molecule has 2 aromatic rings. The Kier molecular flexibility index (Phi) is 16.2. The zero-order valence-corrected chi connectivity index (χ0v) is 24.6. The molecular formula is C22H37NO3S5Si. The summed E-state index contributed by atoms with van der Waals surface area (Å²) in [6.45, 7) is 0. The van der Waals surface area contributed by atoms with E-state index in [0.717, 1.165) is 22.3 Å². The lowest BCUT2D eigenvalue weighted by molar-refractivity contribution is 0.122. The number of rotatable bonds is 20. The second-order valence-corrected chi connectivity index (χ2v) is 17.9. The first-order valence-corrected chi connectivity index (χ1v) is 19.1. The zero-order chi connectivity index (χ0) is 22.9. The van der Waals surface area contributed by atoms with E-state index in [4.69, 9.17) is 13.3 Å². The van der Waals surface area contributed by atoms with Crippen molar-refractivity contribution in [1.82, 2.24) is 4.98 Å². The van der Waals surface area contributed by atoms with Crippen molar-refractivity contribution in [1.29, 1.82) is 0 Å². The zero-order valence-electron chi connectivity index (χ0n) is 19.5. The molecule has 2 rings (SSSR count). The van der Waals surface area contributed by atoms with Gasteiger partial charge in [-0.05, 0) is 55.4 Å². The standard InChI is InChI=1S/C22H37NO3S5Si/c1-24-32(25-2,26-3)19-15-11-9-7-5-4-6-8-10-14-18-27-30-31-29-22-23-20-16-12-13-17-21(20)28-22/h12-13,16-17H,4-11,14-15,18-19H2,1-3H3. The molecule has 10 heteroatoms. The highest BCUT2D eigenvalue weighted by Crippen LogP contribution is 2.48. The molecule has 4 nitrogen and oxygen atoms in total. The van der Waals surface area contributed by atoms with Gasteiger partial charge in [-0.25, -0.2) is 4.98 Å². The Bertz CT molecular complexity index is 691. The van der Waals surface area contributed by atoms with Crippen molar-refractivity contribution in [3.05, 3.63) is 24.3 Å². The number of hydrogen-bond donors (Lipinski definition) is 0. The molecule has 0 aliphatic heterocycles. The lowest BCUT2D eigenvalue weighted by atomic mass is 10.1. The molecule has 0 atom stereocenters. The summed E-state index contributed by atoms with van der Waals surface area (Å²) in [5, 5.41) is 0. The molecule has 1 aromatic carbocycles. The second-order valence-electron chi connectivity index (χ2n) is 7.57. The molecule has 0 N–H and O–H groups in total. The van der Waals surface area contributed by atoms with E-state index in [0.29, 0.717) is 0 Å². The molecule has 0 aliphatic carbocycles. The molecule has 0 radical (unpaired) electrons. The van der Waals surface area contributed by atoms with Gasteiger partial charge in [-0.15, -0.1) is 11.3 Å². The minimum atomic E-state index is -2.35. The number of thiazole rings is 1. The van der Waals surface area contributed by atoms with Crippen molar-refractivity contribution in [2.45, 2.75) is 74.6 Å². The van der Waals surface area contributed by atoms with Crippen LogP contribution in [0.25, 0.3) is 10.2 Å². The van der Waals surface area contributed by atoms with Gasteiger partial charge in [0.25, 0.3) is 0 Å². The lowest BCUT2D eigenvalue weighted by Gasteiger charge is -2.24. The van der Waals surface area contributed by atoms with Crippen LogP contribution in [-0.2, 0) is 13.3 Å². The molecule has 0 bridgehead atoms. The SMILES string of the molecule is CO[Si](CCCCCCCCCCCCSSSSc1nc2ccccc2s1)(OC)OC. The van der Waals surface area contributed by atoms with Gasteiger partial charge in [0.05, 0.1) is 10.2 Å². The van der Waals surface area contributed by atoms with E-state index in [2.05, 4.69) is 29.2 Å². The fourth-order valence-corrected chi connectivity index (χ4v) is 12.7. The van der Waals surface area contributed by atoms with Crippen molar-refractivity contribution in [3.8, 4) is 0 Å². The Hall–Kier alpha value is 0.607. The highest BCUT2D eigenvalue weighted by atomic mass is 33.7. The fourth-order valence-electron chi connectivity index (χ4n) is 3.46. The Morgan fingerprint density at radius 2 is 1.38 bits per heavy atom. The minimum absolute atomic E-state index is 0.923. The molecule has 0 fully saturated rings. The molecule has 32 heavy (non-hydrogen) atoms. The molecule has 0 unspecified atom stereocenters. The van der Waals surface area contributed by atoms with Crippen LogP contribution in [0, 0.1) is 0 Å². The normalized spacial score (nSPS) is 12.1. The smallest absolute Gasteiger partial charge is 0.377 e. The molecule has 0 amide bonds. The van der Waals surface area contributed by atoms with Crippen LogP contribution in [0.2, 0.25) is 6.04 Å². The molecule has 0 saturated carbocycles. The van der Waals surface area contributed by atoms with Gasteiger partial charge in [0.1, 0.15) is 0 Å². The number of unbranched alkanes of at least 4 members (excludes halogenated alkanes) is 9. The number of nitrogens with zero attached hydrogens (tertiary/aromatic N) is 1. The number of para-hydroxylation sites is 1. The maximum atomic E-state index is 5.47. The van der Waals surface area contributed by atoms with Crippen LogP contribution < -0.4 is 0 Å². The van der Waals surface area contributed by atoms with Crippen molar-refractivity contribution in [2.24, 2.45) is 0 Å². The topological polar surface area (TPSA) is 40.6 Å². The van der Waals surface area contributed by atoms with E-state index >= 15 is 0 Å². The Labute approximate surface area is 214 Å². The summed E-state index contributed by atoms with van der Waals surface area (Å²) in [4.78, 5) is 4.66. The average molecular weight is 552 g/mol. The minimum Gasteiger partial charge on any atom is -0.377 e. The molecular weight excluding hydrogens is 515 g/mol. The summed E-state index contributed by atoms with van der Waals surface area (Å²) in [7, 11) is 10.2. The number of hydrogen-bond acceptors (Lipinski definition) is 9. The van der Waals surface area contributed by atoms with Gasteiger partial charge >= 0.3 is 8.80 Å². The average Bonchev–Trinajstić information content (AvgIpc) is 3.24. The maximum Gasteiger partial charge on any atom is 0.500 e. The monoisotopic (exact) mass is 551 g/mol. The first-order chi connectivity index (χ1) is 15.7. The molecule has 1 aromatic heterocycles. The van der Waals surface area contributed by atoms with Crippen molar-refractivity contribution >= 4 is 71.6 Å². The van der Waals surface area contributed by atoms with Crippen molar-refractivity contribution in [3.63, 3.8) is 0 Å². The van der Waals surface area contributed by atoms with Gasteiger partial charge in [-0.1, -0.05) is 74.3 Å². The molecule has 182 valence electrons. The molecule has 0 spiro atoms. The van der Waals surface area contributed by atoms with Crippen molar-refractivity contribution < 1.29 is 13.3 Å². The van der Waals surface area contributed by atoms with Crippen LogP contribution in [0.1, 0.15) is 64.2 Å². The van der Waals surface area contributed by atoms with E-state index in [1.54, 1.807) is 43.5 Å². The summed E-state index contributed by atoms with van der Waals surface area (Å²) < 4.78 is 18.8. The number of aromatic nitrogens is 1. The Morgan fingerprint density at radius 3 is 2.00 bits per heavy atom. The van der Waals surface area contributed by atoms with E-state index in [1.807, 2.05) is 30.4 Å². The molecule has 0 aliphatic rings. The van der Waals surface area contributed by atoms with Gasteiger partial charge in [0.15, 0.2) is 4.34 Å². The van der Waals surface area contributed by atoms with Crippen LogP contribution in [0.4, 0.5) is 0 Å². The molecule has 1 heterocycles. The van der Waals surface area contributed by atoms with Gasteiger partial charge in [-0.3, -0.25) is 0 Å². The van der Waals surface area contributed by atoms with E-state index < -0.39 is 8.80 Å². The quantitative estimate of drug-likeness (QED) is 0.0916. The summed E-state index contributed by atoms with van der Waals surface area (Å²) in [6.07, 6.45) is 13.2. The summed E-state index contributed by atoms with van der Waals surface area (Å²) in [5.74, 6) is 1.24. The first-order valence-electron chi connectivity index (χ1n) is 11.4.